The summed E-state index contributed by atoms with van der Waals surface area (Å²) in [5.74, 6) is 1.37. The lowest BCUT2D eigenvalue weighted by molar-refractivity contribution is 0.0958. The van der Waals surface area contributed by atoms with Crippen LogP contribution < -0.4 is 9.64 Å². The largest absolute Gasteiger partial charge is 0.481 e. The molecule has 0 saturated carbocycles. The Morgan fingerprint density at radius 2 is 1.35 bits per heavy atom. The van der Waals surface area contributed by atoms with Crippen molar-refractivity contribution in [3.63, 3.8) is 0 Å². The summed E-state index contributed by atoms with van der Waals surface area (Å²) in [4.78, 5) is 2.04. The lowest BCUT2D eigenvalue weighted by atomic mass is 10.2. The minimum atomic E-state index is -0.0567. The normalized spacial score (nSPS) is 12.4. The molecule has 0 amide bonds. The Labute approximate surface area is 203 Å². The van der Waals surface area contributed by atoms with Crippen molar-refractivity contribution in [2.75, 3.05) is 25.1 Å². The monoisotopic (exact) mass is 473 g/mol. The van der Waals surface area contributed by atoms with E-state index in [-0.39, 0.29) is 5.95 Å². The van der Waals surface area contributed by atoms with Gasteiger partial charge in [-0.1, -0.05) is 23.8 Å². The minimum Gasteiger partial charge on any atom is -0.481 e. The lowest BCUT2D eigenvalue weighted by Gasteiger charge is -2.19. The third-order valence-electron chi connectivity index (χ3n) is 5.03. The molecule has 0 spiro atoms. The van der Waals surface area contributed by atoms with Gasteiger partial charge in [0.1, 0.15) is 18.1 Å². The first-order chi connectivity index (χ1) is 16.6. The van der Waals surface area contributed by atoms with Gasteiger partial charge in [-0.05, 0) is 84.9 Å². The van der Waals surface area contributed by atoms with Crippen LogP contribution in [0.5, 0.6) is 11.5 Å². The van der Waals surface area contributed by atoms with Crippen LogP contribution in [0.15, 0.2) is 119 Å². The second-order valence-corrected chi connectivity index (χ2v) is 7.95. The Kier molecular flexibility index (Phi) is 7.63. The summed E-state index contributed by atoms with van der Waals surface area (Å²) in [6.07, 6.45) is 7.31. The van der Waals surface area contributed by atoms with Crippen LogP contribution >= 0.6 is 11.6 Å². The molecule has 6 nitrogen and oxygen atoms in total. The third kappa shape index (κ3) is 6.49. The number of anilines is 1. The molecule has 0 aliphatic heterocycles. The Morgan fingerprint density at radius 3 is 1.94 bits per heavy atom. The number of halogens is 1. The van der Waals surface area contributed by atoms with Crippen molar-refractivity contribution in [3.05, 3.63) is 114 Å². The standard InChI is InChI=1S/C27H24ClN3O3/c1-31(18-19-33-27(32)20-4-2-3-5-20)24-12-8-22(9-13-24)29-30-23-10-16-26(17-11-23)34-25-14-6-21(28)7-15-25/h2-17,32H,18-19H2,1H3. The van der Waals surface area contributed by atoms with E-state index in [0.717, 1.165) is 17.1 Å². The number of hydrogen-bond donors (Lipinski definition) is 1. The average molecular weight is 474 g/mol. The van der Waals surface area contributed by atoms with E-state index in [4.69, 9.17) is 21.1 Å². The topological polar surface area (TPSA) is 66.7 Å². The Morgan fingerprint density at radius 1 is 0.824 bits per heavy atom. The van der Waals surface area contributed by atoms with E-state index in [0.29, 0.717) is 35.2 Å². The molecule has 0 heterocycles. The first kappa shape index (κ1) is 23.1. The molecule has 0 bridgehead atoms. The number of likely N-dealkylation sites (N-methyl/N-ethyl adjacent to an activating group) is 1. The predicted octanol–water partition coefficient (Wildman–Crippen LogP) is 7.90. The Hall–Kier alpha value is -4.03. The number of ether oxygens (including phenoxy) is 2. The molecule has 0 radical (unpaired) electrons. The first-order valence-electron chi connectivity index (χ1n) is 10.7. The third-order valence-corrected chi connectivity index (χ3v) is 5.28. The molecule has 3 aromatic carbocycles. The van der Waals surface area contributed by atoms with Crippen molar-refractivity contribution in [2.24, 2.45) is 10.2 Å². The van der Waals surface area contributed by atoms with Crippen LogP contribution in [-0.2, 0) is 4.74 Å². The van der Waals surface area contributed by atoms with E-state index < -0.39 is 0 Å². The van der Waals surface area contributed by atoms with Gasteiger partial charge in [-0.25, -0.2) is 0 Å². The highest BCUT2D eigenvalue weighted by Gasteiger charge is 2.06. The van der Waals surface area contributed by atoms with Crippen molar-refractivity contribution in [2.45, 2.75) is 0 Å². The number of aliphatic hydroxyl groups is 1. The van der Waals surface area contributed by atoms with Crippen LogP contribution in [0, 0.1) is 0 Å². The SMILES string of the molecule is CN(CCOC(O)=C1C=CC=C1)c1ccc(N=Nc2ccc(Oc3ccc(Cl)cc3)cc2)cc1. The summed E-state index contributed by atoms with van der Waals surface area (Å²) in [5, 5.41) is 19.2. The van der Waals surface area contributed by atoms with Crippen molar-refractivity contribution >= 4 is 28.7 Å². The van der Waals surface area contributed by atoms with Gasteiger partial charge in [0.2, 0.25) is 0 Å². The summed E-state index contributed by atoms with van der Waals surface area (Å²) in [6, 6.07) is 22.3. The summed E-state index contributed by atoms with van der Waals surface area (Å²) in [5.41, 5.74) is 3.17. The molecule has 1 aliphatic carbocycles. The number of hydrogen-bond acceptors (Lipinski definition) is 6. The van der Waals surface area contributed by atoms with Crippen LogP contribution in [-0.4, -0.2) is 25.3 Å². The molecule has 0 saturated heterocycles. The summed E-state index contributed by atoms with van der Waals surface area (Å²) < 4.78 is 11.2. The Bertz CT molecular complexity index is 1200. The summed E-state index contributed by atoms with van der Waals surface area (Å²) >= 11 is 5.90. The molecule has 0 aromatic heterocycles. The maximum atomic E-state index is 9.91. The first-order valence-corrected chi connectivity index (χ1v) is 11.1. The highest BCUT2D eigenvalue weighted by molar-refractivity contribution is 6.30. The van der Waals surface area contributed by atoms with E-state index in [1.807, 2.05) is 84.8 Å². The van der Waals surface area contributed by atoms with Gasteiger partial charge in [-0.15, -0.1) is 0 Å². The van der Waals surface area contributed by atoms with E-state index in [9.17, 15) is 5.11 Å². The van der Waals surface area contributed by atoms with Crippen LogP contribution in [0.2, 0.25) is 5.02 Å². The fraction of sp³-hybridized carbons (Fsp3) is 0.111. The molecular weight excluding hydrogens is 450 g/mol. The van der Waals surface area contributed by atoms with Gasteiger partial charge in [0, 0.05) is 17.8 Å². The van der Waals surface area contributed by atoms with Crippen LogP contribution in [0.4, 0.5) is 17.1 Å². The van der Waals surface area contributed by atoms with E-state index in [2.05, 4.69) is 10.2 Å². The number of nitrogens with zero attached hydrogens (tertiary/aromatic N) is 3. The van der Waals surface area contributed by atoms with E-state index in [1.54, 1.807) is 24.3 Å². The van der Waals surface area contributed by atoms with Crippen molar-refractivity contribution in [1.82, 2.24) is 0 Å². The van der Waals surface area contributed by atoms with Crippen LogP contribution in [0.3, 0.4) is 0 Å². The molecular formula is C27H24ClN3O3. The average Bonchev–Trinajstić information content (AvgIpc) is 3.40. The molecule has 3 aromatic rings. The quantitative estimate of drug-likeness (QED) is 0.253. The molecule has 172 valence electrons. The van der Waals surface area contributed by atoms with Gasteiger partial charge < -0.3 is 19.5 Å². The van der Waals surface area contributed by atoms with Gasteiger partial charge in [0.25, 0.3) is 5.95 Å². The molecule has 1 aliphatic rings. The van der Waals surface area contributed by atoms with Gasteiger partial charge >= 0.3 is 0 Å². The molecule has 0 atom stereocenters. The number of benzene rings is 3. The van der Waals surface area contributed by atoms with Gasteiger partial charge in [0.15, 0.2) is 0 Å². The van der Waals surface area contributed by atoms with Crippen LogP contribution in [0.1, 0.15) is 0 Å². The lowest BCUT2D eigenvalue weighted by Crippen LogP contribution is -2.22. The molecule has 4 rings (SSSR count). The van der Waals surface area contributed by atoms with E-state index >= 15 is 0 Å². The highest BCUT2D eigenvalue weighted by atomic mass is 35.5. The maximum absolute atomic E-state index is 9.91. The minimum absolute atomic E-state index is 0.0567. The second-order valence-electron chi connectivity index (χ2n) is 7.52. The summed E-state index contributed by atoms with van der Waals surface area (Å²) in [7, 11) is 1.97. The zero-order valence-corrected chi connectivity index (χ0v) is 19.4. The zero-order valence-electron chi connectivity index (χ0n) is 18.6. The predicted molar refractivity (Wildman–Crippen MR) is 136 cm³/mol. The molecule has 34 heavy (non-hydrogen) atoms. The van der Waals surface area contributed by atoms with Crippen molar-refractivity contribution < 1.29 is 14.6 Å². The Balaban J connectivity index is 1.27. The molecule has 7 heteroatoms. The zero-order chi connectivity index (χ0) is 23.8. The molecule has 0 unspecified atom stereocenters. The van der Waals surface area contributed by atoms with Crippen molar-refractivity contribution in [3.8, 4) is 11.5 Å². The van der Waals surface area contributed by atoms with Gasteiger partial charge in [-0.2, -0.15) is 10.2 Å². The number of allylic oxidation sites excluding steroid dienone is 5. The number of aliphatic hydroxyl groups excluding tert-OH is 1. The fourth-order valence-electron chi connectivity index (χ4n) is 3.12. The fourth-order valence-corrected chi connectivity index (χ4v) is 3.24. The molecule has 0 fully saturated rings. The number of rotatable bonds is 9. The maximum Gasteiger partial charge on any atom is 0.284 e. The molecule has 1 N–H and O–H groups in total. The van der Waals surface area contributed by atoms with Gasteiger partial charge in [-0.3, -0.25) is 0 Å². The van der Waals surface area contributed by atoms with Crippen LogP contribution in [0.25, 0.3) is 0 Å². The smallest absolute Gasteiger partial charge is 0.284 e. The summed E-state index contributed by atoms with van der Waals surface area (Å²) in [6.45, 7) is 0.989. The van der Waals surface area contributed by atoms with E-state index in [1.165, 1.54) is 0 Å². The van der Waals surface area contributed by atoms with Gasteiger partial charge in [0.05, 0.1) is 23.5 Å². The van der Waals surface area contributed by atoms with Crippen molar-refractivity contribution in [1.29, 1.82) is 0 Å². The number of azo groups is 1. The second kappa shape index (κ2) is 11.2. The highest BCUT2D eigenvalue weighted by Crippen LogP contribution is 2.27.